The Morgan fingerprint density at radius 3 is 2.38 bits per heavy atom. The molecule has 0 saturated carbocycles. The second-order valence-electron chi connectivity index (χ2n) is 5.04. The third-order valence-corrected chi connectivity index (χ3v) is 3.34. The molecule has 0 fully saturated rings. The van der Waals surface area contributed by atoms with Gasteiger partial charge in [0.25, 0.3) is 6.43 Å². The van der Waals surface area contributed by atoms with Crippen LogP contribution in [0.15, 0.2) is 36.5 Å². The summed E-state index contributed by atoms with van der Waals surface area (Å²) in [6.07, 6.45) is -6.95. The van der Waals surface area contributed by atoms with Gasteiger partial charge < -0.3 is 9.84 Å². The van der Waals surface area contributed by atoms with Crippen LogP contribution in [0.25, 0.3) is 16.9 Å². The van der Waals surface area contributed by atoms with Gasteiger partial charge in [-0.15, -0.1) is 13.2 Å². The second kappa shape index (κ2) is 6.24. The lowest BCUT2D eigenvalue weighted by Gasteiger charge is -2.10. The molecule has 26 heavy (non-hydrogen) atoms. The Hall–Kier alpha value is -3.24. The Kier molecular flexibility index (Phi) is 4.22. The van der Waals surface area contributed by atoms with Gasteiger partial charge in [-0.3, -0.25) is 0 Å². The van der Waals surface area contributed by atoms with Crippen molar-refractivity contribution >= 4 is 11.6 Å². The highest BCUT2D eigenvalue weighted by atomic mass is 19.4. The lowest BCUT2D eigenvalue weighted by molar-refractivity contribution is -0.274. The van der Waals surface area contributed by atoms with Crippen LogP contribution in [0.3, 0.4) is 0 Å². The Balaban J connectivity index is 2.09. The van der Waals surface area contributed by atoms with Crippen molar-refractivity contribution in [3.8, 4) is 17.0 Å². The number of aromatic nitrogens is 3. The van der Waals surface area contributed by atoms with Crippen LogP contribution in [0.4, 0.5) is 22.0 Å². The fraction of sp³-hybridized carbons (Fsp3) is 0.133. The number of benzene rings is 1. The van der Waals surface area contributed by atoms with Gasteiger partial charge in [0.2, 0.25) is 0 Å². The number of ether oxygens (including phenoxy) is 1. The van der Waals surface area contributed by atoms with Gasteiger partial charge in [0, 0.05) is 5.56 Å². The minimum absolute atomic E-state index is 0.0469. The van der Waals surface area contributed by atoms with E-state index in [-0.39, 0.29) is 22.5 Å². The van der Waals surface area contributed by atoms with E-state index in [0.29, 0.717) is 4.52 Å². The quantitative estimate of drug-likeness (QED) is 0.702. The number of carbonyl (C=O) groups is 1. The van der Waals surface area contributed by atoms with E-state index in [1.165, 1.54) is 12.1 Å². The van der Waals surface area contributed by atoms with Crippen molar-refractivity contribution in [2.75, 3.05) is 0 Å². The third kappa shape index (κ3) is 3.41. The van der Waals surface area contributed by atoms with Crippen LogP contribution in [0.2, 0.25) is 0 Å². The molecular weight excluding hydrogens is 365 g/mol. The summed E-state index contributed by atoms with van der Waals surface area (Å²) in [5.41, 5.74) is -1.14. The van der Waals surface area contributed by atoms with Crippen LogP contribution >= 0.6 is 0 Å². The van der Waals surface area contributed by atoms with Gasteiger partial charge >= 0.3 is 12.3 Å². The molecular formula is C15H8F5N3O3. The summed E-state index contributed by atoms with van der Waals surface area (Å²) in [5, 5.41) is 12.7. The van der Waals surface area contributed by atoms with Gasteiger partial charge in [0.15, 0.2) is 5.65 Å². The number of nitrogens with zero attached hydrogens (tertiary/aromatic N) is 3. The van der Waals surface area contributed by atoms with Gasteiger partial charge in [0.1, 0.15) is 17.0 Å². The monoisotopic (exact) mass is 373 g/mol. The number of hydrogen-bond donors (Lipinski definition) is 1. The van der Waals surface area contributed by atoms with Crippen molar-refractivity contribution in [1.29, 1.82) is 0 Å². The predicted octanol–water partition coefficient (Wildman–Crippen LogP) is 3.93. The zero-order chi connectivity index (χ0) is 19.1. The van der Waals surface area contributed by atoms with E-state index in [2.05, 4.69) is 14.8 Å². The average Bonchev–Trinajstić information content (AvgIpc) is 2.97. The molecule has 0 atom stereocenters. The molecule has 136 valence electrons. The number of aromatic carboxylic acids is 1. The molecule has 0 aliphatic carbocycles. The van der Waals surface area contributed by atoms with E-state index in [4.69, 9.17) is 5.11 Å². The third-order valence-electron chi connectivity index (χ3n) is 3.34. The van der Waals surface area contributed by atoms with Gasteiger partial charge in [-0.2, -0.15) is 5.10 Å². The van der Waals surface area contributed by atoms with Crippen LogP contribution in [0.1, 0.15) is 22.5 Å². The molecule has 2 aromatic heterocycles. The van der Waals surface area contributed by atoms with E-state index < -0.39 is 30.2 Å². The average molecular weight is 373 g/mol. The highest BCUT2D eigenvalue weighted by molar-refractivity contribution is 5.94. The molecule has 1 aromatic carbocycles. The summed E-state index contributed by atoms with van der Waals surface area (Å²) in [7, 11) is 0. The predicted molar refractivity (Wildman–Crippen MR) is 77.0 cm³/mol. The van der Waals surface area contributed by atoms with Crippen LogP contribution < -0.4 is 4.74 Å². The number of hydrogen-bond acceptors (Lipinski definition) is 4. The number of halogens is 5. The smallest absolute Gasteiger partial charge is 0.477 e. The molecule has 0 radical (unpaired) electrons. The molecule has 0 spiro atoms. The number of alkyl halides is 5. The molecule has 0 amide bonds. The summed E-state index contributed by atoms with van der Waals surface area (Å²) in [6.45, 7) is 0. The lowest BCUT2D eigenvalue weighted by Crippen LogP contribution is -2.16. The lowest BCUT2D eigenvalue weighted by atomic mass is 10.1. The maximum absolute atomic E-state index is 13.3. The van der Waals surface area contributed by atoms with Crippen molar-refractivity contribution in [3.63, 3.8) is 0 Å². The molecule has 0 unspecified atom stereocenters. The minimum Gasteiger partial charge on any atom is -0.477 e. The SMILES string of the molecule is O=C(O)c1cnn2c(C(F)F)cc(-c3ccc(OC(F)(F)F)cc3)nc12. The van der Waals surface area contributed by atoms with E-state index in [1.807, 2.05) is 0 Å². The molecule has 0 aliphatic rings. The summed E-state index contributed by atoms with van der Waals surface area (Å²) >= 11 is 0. The number of carboxylic acids is 1. The molecule has 0 saturated heterocycles. The molecule has 0 bridgehead atoms. The van der Waals surface area contributed by atoms with Crippen molar-refractivity contribution in [3.05, 3.63) is 47.8 Å². The van der Waals surface area contributed by atoms with Gasteiger partial charge in [-0.05, 0) is 30.3 Å². The molecule has 6 nitrogen and oxygen atoms in total. The second-order valence-corrected chi connectivity index (χ2v) is 5.04. The van der Waals surface area contributed by atoms with Crippen LogP contribution in [-0.2, 0) is 0 Å². The highest BCUT2D eigenvalue weighted by Gasteiger charge is 2.31. The Labute approximate surface area is 141 Å². The normalized spacial score (nSPS) is 11.9. The van der Waals surface area contributed by atoms with Crippen molar-refractivity contribution in [2.45, 2.75) is 12.8 Å². The van der Waals surface area contributed by atoms with E-state index >= 15 is 0 Å². The molecule has 11 heteroatoms. The molecule has 2 heterocycles. The number of fused-ring (bicyclic) bond motifs is 1. The Bertz CT molecular complexity index is 967. The summed E-state index contributed by atoms with van der Waals surface area (Å²) in [4.78, 5) is 15.2. The Morgan fingerprint density at radius 2 is 1.85 bits per heavy atom. The van der Waals surface area contributed by atoms with Gasteiger partial charge in [-0.25, -0.2) is 23.1 Å². The largest absolute Gasteiger partial charge is 0.573 e. The first-order valence-electron chi connectivity index (χ1n) is 6.92. The maximum atomic E-state index is 13.3. The van der Waals surface area contributed by atoms with Crippen molar-refractivity contribution in [1.82, 2.24) is 14.6 Å². The zero-order valence-corrected chi connectivity index (χ0v) is 12.5. The van der Waals surface area contributed by atoms with Crippen LogP contribution in [0.5, 0.6) is 5.75 Å². The fourth-order valence-electron chi connectivity index (χ4n) is 2.27. The standard InChI is InChI=1S/C15H8F5N3O3/c16-12(17)11-5-10(22-13-9(14(24)25)6-21-23(11)13)7-1-3-8(4-2-7)26-15(18,19)20/h1-6,12H,(H,24,25). The van der Waals surface area contributed by atoms with E-state index in [1.54, 1.807) is 0 Å². The van der Waals surface area contributed by atoms with Crippen LogP contribution in [0, 0.1) is 0 Å². The molecule has 0 aliphatic heterocycles. The number of carboxylic acid groups (broad SMARTS) is 1. The van der Waals surface area contributed by atoms with E-state index in [0.717, 1.165) is 24.4 Å². The first-order chi connectivity index (χ1) is 12.2. The van der Waals surface area contributed by atoms with Crippen molar-refractivity contribution < 1.29 is 36.6 Å². The molecule has 3 rings (SSSR count). The topological polar surface area (TPSA) is 76.7 Å². The molecule has 1 N–H and O–H groups in total. The summed E-state index contributed by atoms with van der Waals surface area (Å²) in [5.74, 6) is -1.90. The maximum Gasteiger partial charge on any atom is 0.573 e. The zero-order valence-electron chi connectivity index (χ0n) is 12.5. The summed E-state index contributed by atoms with van der Waals surface area (Å²) in [6, 6.07) is 5.34. The van der Waals surface area contributed by atoms with Gasteiger partial charge in [-0.1, -0.05) is 0 Å². The first-order valence-corrected chi connectivity index (χ1v) is 6.92. The minimum atomic E-state index is -4.87. The van der Waals surface area contributed by atoms with E-state index in [9.17, 15) is 26.7 Å². The summed E-state index contributed by atoms with van der Waals surface area (Å²) < 4.78 is 67.5. The highest BCUT2D eigenvalue weighted by Crippen LogP contribution is 2.29. The Morgan fingerprint density at radius 1 is 1.19 bits per heavy atom. The number of rotatable bonds is 4. The fourth-order valence-corrected chi connectivity index (χ4v) is 2.27. The first kappa shape index (κ1) is 17.6. The van der Waals surface area contributed by atoms with Gasteiger partial charge in [0.05, 0.1) is 11.9 Å². The molecule has 3 aromatic rings. The van der Waals surface area contributed by atoms with Crippen LogP contribution in [-0.4, -0.2) is 32.0 Å². The van der Waals surface area contributed by atoms with Crippen molar-refractivity contribution in [2.24, 2.45) is 0 Å².